The molecule has 1 saturated heterocycles. The molecule has 6 heteroatoms. The van der Waals surface area contributed by atoms with Crippen molar-refractivity contribution in [3.8, 4) is 0 Å². The first-order valence-electron chi connectivity index (χ1n) is 7.80. The predicted octanol–water partition coefficient (Wildman–Crippen LogP) is 1.54. The van der Waals surface area contributed by atoms with Gasteiger partial charge >= 0.3 is 6.03 Å². The number of carbonyl (C=O) groups excluding carboxylic acids is 2. The Labute approximate surface area is 126 Å². The second-order valence-corrected chi connectivity index (χ2v) is 6.08. The van der Waals surface area contributed by atoms with Gasteiger partial charge in [0.25, 0.3) is 5.91 Å². The topological polar surface area (TPSA) is 67.9 Å². The number of urea groups is 1. The van der Waals surface area contributed by atoms with Gasteiger partial charge in [0.05, 0.1) is 6.61 Å². The van der Waals surface area contributed by atoms with Crippen LogP contribution < -0.4 is 5.32 Å². The van der Waals surface area contributed by atoms with Crippen molar-refractivity contribution in [1.82, 2.24) is 10.2 Å². The number of amides is 3. The Hall–Kier alpha value is -1.14. The second kappa shape index (κ2) is 7.22. The van der Waals surface area contributed by atoms with E-state index in [1.165, 1.54) is 0 Å². The lowest BCUT2D eigenvalue weighted by molar-refractivity contribution is -0.129. The molecule has 0 atom stereocenters. The summed E-state index contributed by atoms with van der Waals surface area (Å²) in [6, 6.07) is -0.268. The van der Waals surface area contributed by atoms with E-state index in [9.17, 15) is 9.59 Å². The van der Waals surface area contributed by atoms with Gasteiger partial charge in [0, 0.05) is 26.9 Å². The smallest absolute Gasteiger partial charge is 0.325 e. The highest BCUT2D eigenvalue weighted by Gasteiger charge is 2.53. The molecule has 2 aliphatic rings. The molecule has 2 fully saturated rings. The number of hydrogen-bond donors (Lipinski definition) is 1. The summed E-state index contributed by atoms with van der Waals surface area (Å²) >= 11 is 0. The molecule has 0 bridgehead atoms. The molecule has 0 radical (unpaired) electrons. The van der Waals surface area contributed by atoms with Crippen LogP contribution in [0.2, 0.25) is 0 Å². The number of nitrogens with one attached hydrogen (secondary N) is 1. The minimum absolute atomic E-state index is 0.126. The highest BCUT2D eigenvalue weighted by Crippen LogP contribution is 2.39. The van der Waals surface area contributed by atoms with Crippen molar-refractivity contribution < 1.29 is 19.1 Å². The summed E-state index contributed by atoms with van der Waals surface area (Å²) in [7, 11) is 1.66. The van der Waals surface area contributed by atoms with Crippen LogP contribution in [0, 0.1) is 5.92 Å². The average molecular weight is 298 g/mol. The summed E-state index contributed by atoms with van der Waals surface area (Å²) in [5.41, 5.74) is -0.626. The molecule has 2 rings (SSSR count). The van der Waals surface area contributed by atoms with Crippen molar-refractivity contribution in [3.05, 3.63) is 0 Å². The van der Waals surface area contributed by atoms with Crippen molar-refractivity contribution in [2.24, 2.45) is 5.92 Å². The number of ether oxygens (including phenoxy) is 2. The standard InChI is InChI=1S/C15H26N2O4/c1-12-4-6-15(7-5-12)13(18)16-14(19)17(15)8-11-21-10-3-9-20-2/h12H,3-11H2,1-2H3,(H,16,18,19). The number of methoxy groups -OCH3 is 1. The van der Waals surface area contributed by atoms with E-state index in [-0.39, 0.29) is 11.9 Å². The van der Waals surface area contributed by atoms with E-state index in [2.05, 4.69) is 12.2 Å². The van der Waals surface area contributed by atoms with Gasteiger partial charge in [0.15, 0.2) is 0 Å². The molecular formula is C15H26N2O4. The molecule has 120 valence electrons. The molecule has 1 aliphatic carbocycles. The lowest BCUT2D eigenvalue weighted by Gasteiger charge is -2.40. The van der Waals surface area contributed by atoms with Crippen LogP contribution in [0.15, 0.2) is 0 Å². The monoisotopic (exact) mass is 298 g/mol. The molecule has 0 unspecified atom stereocenters. The Balaban J connectivity index is 1.87. The van der Waals surface area contributed by atoms with Gasteiger partial charge in [0.1, 0.15) is 5.54 Å². The summed E-state index contributed by atoms with van der Waals surface area (Å²) in [4.78, 5) is 25.9. The van der Waals surface area contributed by atoms with E-state index in [1.807, 2.05) is 0 Å². The molecule has 0 aromatic rings. The van der Waals surface area contributed by atoms with Crippen molar-refractivity contribution >= 4 is 11.9 Å². The zero-order chi connectivity index (χ0) is 15.3. The third-order valence-electron chi connectivity index (χ3n) is 4.60. The van der Waals surface area contributed by atoms with E-state index >= 15 is 0 Å². The maximum absolute atomic E-state index is 12.2. The maximum Gasteiger partial charge on any atom is 0.325 e. The van der Waals surface area contributed by atoms with Gasteiger partial charge in [0.2, 0.25) is 0 Å². The summed E-state index contributed by atoms with van der Waals surface area (Å²) in [5, 5.41) is 2.48. The lowest BCUT2D eigenvalue weighted by atomic mass is 9.76. The number of imide groups is 1. The molecule has 21 heavy (non-hydrogen) atoms. The average Bonchev–Trinajstić information content (AvgIpc) is 2.69. The van der Waals surface area contributed by atoms with Crippen LogP contribution in [0.25, 0.3) is 0 Å². The molecule has 1 N–H and O–H groups in total. The number of carbonyl (C=O) groups is 2. The quantitative estimate of drug-likeness (QED) is 0.572. The molecule has 0 aromatic heterocycles. The third kappa shape index (κ3) is 3.55. The zero-order valence-corrected chi connectivity index (χ0v) is 13.0. The first-order chi connectivity index (χ1) is 10.1. The van der Waals surface area contributed by atoms with Gasteiger partial charge in [-0.25, -0.2) is 4.79 Å². The Kier molecular flexibility index (Phi) is 5.58. The third-order valence-corrected chi connectivity index (χ3v) is 4.60. The number of rotatable bonds is 7. The van der Waals surface area contributed by atoms with Crippen LogP contribution in [0.3, 0.4) is 0 Å². The minimum atomic E-state index is -0.626. The summed E-state index contributed by atoms with van der Waals surface area (Å²) < 4.78 is 10.5. The van der Waals surface area contributed by atoms with E-state index < -0.39 is 5.54 Å². The summed E-state index contributed by atoms with van der Waals surface area (Å²) in [5.74, 6) is 0.505. The summed E-state index contributed by atoms with van der Waals surface area (Å²) in [6.07, 6.45) is 4.34. The van der Waals surface area contributed by atoms with Crippen LogP contribution in [-0.4, -0.2) is 55.9 Å². The fourth-order valence-electron chi connectivity index (χ4n) is 3.21. The van der Waals surface area contributed by atoms with E-state index in [4.69, 9.17) is 9.47 Å². The van der Waals surface area contributed by atoms with E-state index in [0.717, 1.165) is 32.1 Å². The van der Waals surface area contributed by atoms with Gasteiger partial charge in [-0.2, -0.15) is 0 Å². The van der Waals surface area contributed by atoms with Gasteiger partial charge in [-0.15, -0.1) is 0 Å². The fourth-order valence-corrected chi connectivity index (χ4v) is 3.21. The molecule has 0 aromatic carbocycles. The van der Waals surface area contributed by atoms with Gasteiger partial charge in [-0.05, 0) is 38.0 Å². The van der Waals surface area contributed by atoms with E-state index in [0.29, 0.717) is 32.3 Å². The van der Waals surface area contributed by atoms with Crippen molar-refractivity contribution in [3.63, 3.8) is 0 Å². The van der Waals surface area contributed by atoms with Crippen LogP contribution in [0.1, 0.15) is 39.0 Å². The second-order valence-electron chi connectivity index (χ2n) is 6.08. The van der Waals surface area contributed by atoms with Gasteiger partial charge in [-0.3, -0.25) is 10.1 Å². The summed E-state index contributed by atoms with van der Waals surface area (Å²) in [6.45, 7) is 4.41. The zero-order valence-electron chi connectivity index (χ0n) is 13.0. The van der Waals surface area contributed by atoms with Crippen molar-refractivity contribution in [2.75, 3.05) is 33.5 Å². The minimum Gasteiger partial charge on any atom is -0.385 e. The molecular weight excluding hydrogens is 272 g/mol. The van der Waals surface area contributed by atoms with Gasteiger partial charge < -0.3 is 14.4 Å². The first-order valence-corrected chi connectivity index (χ1v) is 7.80. The highest BCUT2D eigenvalue weighted by atomic mass is 16.5. The van der Waals surface area contributed by atoms with E-state index in [1.54, 1.807) is 12.0 Å². The van der Waals surface area contributed by atoms with Crippen molar-refractivity contribution in [1.29, 1.82) is 0 Å². The van der Waals surface area contributed by atoms with Crippen molar-refractivity contribution in [2.45, 2.75) is 44.6 Å². The Morgan fingerprint density at radius 2 is 1.95 bits per heavy atom. The number of hydrogen-bond acceptors (Lipinski definition) is 4. The van der Waals surface area contributed by atoms with Crippen LogP contribution >= 0.6 is 0 Å². The van der Waals surface area contributed by atoms with Gasteiger partial charge in [-0.1, -0.05) is 6.92 Å². The molecule has 1 aliphatic heterocycles. The normalized spacial score (nSPS) is 29.2. The molecule has 1 heterocycles. The largest absolute Gasteiger partial charge is 0.385 e. The predicted molar refractivity (Wildman–Crippen MR) is 77.9 cm³/mol. The van der Waals surface area contributed by atoms with Crippen LogP contribution in [0.5, 0.6) is 0 Å². The Bertz CT molecular complexity index is 378. The SMILES string of the molecule is COCCCOCCN1C(=O)NC(=O)C12CCC(C)CC2. The molecule has 1 spiro atoms. The Morgan fingerprint density at radius 3 is 2.62 bits per heavy atom. The highest BCUT2D eigenvalue weighted by molar-refractivity contribution is 6.07. The van der Waals surface area contributed by atoms with Crippen LogP contribution in [-0.2, 0) is 14.3 Å². The fraction of sp³-hybridized carbons (Fsp3) is 0.867. The van der Waals surface area contributed by atoms with Crippen LogP contribution in [0.4, 0.5) is 4.79 Å². The first kappa shape index (κ1) is 16.2. The molecule has 6 nitrogen and oxygen atoms in total. The lowest BCUT2D eigenvalue weighted by Crippen LogP contribution is -2.52. The maximum atomic E-state index is 12.2. The molecule has 3 amide bonds. The Morgan fingerprint density at radius 1 is 1.24 bits per heavy atom. The number of nitrogens with zero attached hydrogens (tertiary/aromatic N) is 1. The molecule has 1 saturated carbocycles.